The molecule has 0 saturated heterocycles. The Morgan fingerprint density at radius 1 is 1.27 bits per heavy atom. The van der Waals surface area contributed by atoms with E-state index in [1.807, 2.05) is 0 Å². The number of aliphatic hydroxyl groups is 1. The van der Waals surface area contributed by atoms with Gasteiger partial charge >= 0.3 is 0 Å². The lowest BCUT2D eigenvalue weighted by Gasteiger charge is -2.50. The summed E-state index contributed by atoms with van der Waals surface area (Å²) in [7, 11) is 1.63. The van der Waals surface area contributed by atoms with E-state index in [4.69, 9.17) is 23.2 Å². The summed E-state index contributed by atoms with van der Waals surface area (Å²) in [5.41, 5.74) is -0.806. The van der Waals surface area contributed by atoms with Crippen LogP contribution in [0.2, 0.25) is 10.3 Å². The molecule has 9 heteroatoms. The number of pyridine rings is 1. The molecule has 5 nitrogen and oxygen atoms in total. The second kappa shape index (κ2) is 5.11. The predicted molar refractivity (Wildman–Crippen MR) is 76.1 cm³/mol. The number of aryl methyl sites for hydroxylation is 1. The average molecular weight is 349 g/mol. The molecule has 2 aromatic rings. The summed E-state index contributed by atoms with van der Waals surface area (Å²) in [6, 6.07) is 2.89. The Kier molecular flexibility index (Phi) is 3.62. The van der Waals surface area contributed by atoms with Gasteiger partial charge in [-0.2, -0.15) is 0 Å². The van der Waals surface area contributed by atoms with Crippen LogP contribution in [0.1, 0.15) is 30.3 Å². The van der Waals surface area contributed by atoms with Crippen LogP contribution in [0.15, 0.2) is 18.5 Å². The zero-order valence-corrected chi connectivity index (χ0v) is 13.0. The van der Waals surface area contributed by atoms with Crippen molar-refractivity contribution in [3.05, 3.63) is 40.2 Å². The maximum Gasteiger partial charge on any atom is 0.250 e. The standard InChI is InChI=1S/C13H12Cl2F2N4O/c1-21-6-18-20-11(21)10(22)12(4-13(16,17)5-12)7-2-8(14)19-9(15)3-7/h2-3,6,10,22H,4-5H2,1H3. The minimum Gasteiger partial charge on any atom is -0.384 e. The topological polar surface area (TPSA) is 63.8 Å². The van der Waals surface area contributed by atoms with Crippen molar-refractivity contribution in [3.63, 3.8) is 0 Å². The summed E-state index contributed by atoms with van der Waals surface area (Å²) >= 11 is 11.7. The fourth-order valence-corrected chi connectivity index (χ4v) is 3.43. The molecule has 1 aliphatic carbocycles. The van der Waals surface area contributed by atoms with Gasteiger partial charge in [-0.1, -0.05) is 23.2 Å². The highest BCUT2D eigenvalue weighted by atomic mass is 35.5. The molecule has 2 heterocycles. The molecule has 0 bridgehead atoms. The zero-order chi connectivity index (χ0) is 16.1. The molecular formula is C13H12Cl2F2N4O. The molecule has 0 aliphatic heterocycles. The molecule has 22 heavy (non-hydrogen) atoms. The van der Waals surface area contributed by atoms with Crippen LogP contribution in [-0.2, 0) is 12.5 Å². The van der Waals surface area contributed by atoms with Crippen molar-refractivity contribution in [1.29, 1.82) is 0 Å². The van der Waals surface area contributed by atoms with Crippen LogP contribution in [0.25, 0.3) is 0 Å². The van der Waals surface area contributed by atoms with Gasteiger partial charge in [0.05, 0.1) is 0 Å². The summed E-state index contributed by atoms with van der Waals surface area (Å²) in [6.45, 7) is 0. The minimum absolute atomic E-state index is 0.0854. The van der Waals surface area contributed by atoms with E-state index in [0.717, 1.165) is 0 Å². The minimum atomic E-state index is -2.86. The lowest BCUT2D eigenvalue weighted by molar-refractivity contribution is -0.164. The van der Waals surface area contributed by atoms with Crippen molar-refractivity contribution in [2.24, 2.45) is 7.05 Å². The van der Waals surface area contributed by atoms with E-state index in [0.29, 0.717) is 5.56 Å². The maximum absolute atomic E-state index is 13.6. The molecule has 3 rings (SSSR count). The Bertz CT molecular complexity index is 694. The van der Waals surface area contributed by atoms with Gasteiger partial charge in [-0.25, -0.2) is 13.8 Å². The first-order chi connectivity index (χ1) is 10.2. The summed E-state index contributed by atoms with van der Waals surface area (Å²) in [5.74, 6) is -2.65. The van der Waals surface area contributed by atoms with Crippen LogP contribution in [0.5, 0.6) is 0 Å². The van der Waals surface area contributed by atoms with Gasteiger partial charge in [-0.05, 0) is 17.7 Å². The molecule has 1 aliphatic rings. The van der Waals surface area contributed by atoms with E-state index < -0.39 is 30.3 Å². The van der Waals surface area contributed by atoms with Crippen LogP contribution in [0, 0.1) is 0 Å². The Morgan fingerprint density at radius 2 is 1.86 bits per heavy atom. The molecule has 118 valence electrons. The molecule has 0 radical (unpaired) electrons. The number of rotatable bonds is 3. The van der Waals surface area contributed by atoms with E-state index in [2.05, 4.69) is 15.2 Å². The lowest BCUT2D eigenvalue weighted by atomic mass is 9.59. The highest BCUT2D eigenvalue weighted by Gasteiger charge is 2.62. The maximum atomic E-state index is 13.6. The van der Waals surface area contributed by atoms with Gasteiger partial charge in [0.1, 0.15) is 22.7 Å². The molecule has 0 amide bonds. The highest BCUT2D eigenvalue weighted by molar-refractivity contribution is 6.32. The number of halogens is 4. The van der Waals surface area contributed by atoms with Gasteiger partial charge in [0.25, 0.3) is 0 Å². The third-order valence-corrected chi connectivity index (χ3v) is 4.39. The van der Waals surface area contributed by atoms with E-state index in [1.54, 1.807) is 7.05 Å². The number of nitrogens with zero attached hydrogens (tertiary/aromatic N) is 4. The van der Waals surface area contributed by atoms with Gasteiger partial charge in [0.2, 0.25) is 5.92 Å². The first-order valence-electron chi connectivity index (χ1n) is 6.47. The van der Waals surface area contributed by atoms with Gasteiger partial charge < -0.3 is 9.67 Å². The summed E-state index contributed by atoms with van der Waals surface area (Å²) < 4.78 is 28.7. The first-order valence-corrected chi connectivity index (χ1v) is 7.22. The van der Waals surface area contributed by atoms with Crippen molar-refractivity contribution >= 4 is 23.2 Å². The van der Waals surface area contributed by atoms with Crippen LogP contribution in [0.4, 0.5) is 8.78 Å². The Labute approximate surface area is 134 Å². The van der Waals surface area contributed by atoms with Gasteiger partial charge in [0, 0.05) is 25.3 Å². The molecule has 1 atom stereocenters. The molecule has 1 unspecified atom stereocenters. The number of aliphatic hydroxyl groups excluding tert-OH is 1. The molecule has 1 fully saturated rings. The molecule has 0 aromatic carbocycles. The van der Waals surface area contributed by atoms with E-state index in [9.17, 15) is 13.9 Å². The number of hydrogen-bond donors (Lipinski definition) is 1. The number of aromatic nitrogens is 4. The van der Waals surface area contributed by atoms with Crippen LogP contribution < -0.4 is 0 Å². The third kappa shape index (κ3) is 2.47. The summed E-state index contributed by atoms with van der Waals surface area (Å²) in [5, 5.41) is 18.3. The second-order valence-electron chi connectivity index (χ2n) is 5.57. The Balaban J connectivity index is 2.08. The first kappa shape index (κ1) is 15.6. The predicted octanol–water partition coefficient (Wildman–Crippen LogP) is 2.92. The Morgan fingerprint density at radius 3 is 2.32 bits per heavy atom. The number of hydrogen-bond acceptors (Lipinski definition) is 4. The lowest BCUT2D eigenvalue weighted by Crippen LogP contribution is -2.53. The van der Waals surface area contributed by atoms with E-state index in [1.165, 1.54) is 23.0 Å². The van der Waals surface area contributed by atoms with E-state index >= 15 is 0 Å². The second-order valence-corrected chi connectivity index (χ2v) is 6.34. The van der Waals surface area contributed by atoms with Crippen molar-refractivity contribution in [2.45, 2.75) is 30.3 Å². The van der Waals surface area contributed by atoms with Crippen molar-refractivity contribution < 1.29 is 13.9 Å². The molecule has 1 saturated carbocycles. The summed E-state index contributed by atoms with van der Waals surface area (Å²) in [4.78, 5) is 3.81. The highest BCUT2D eigenvalue weighted by Crippen LogP contribution is 2.59. The van der Waals surface area contributed by atoms with Gasteiger partial charge in [-0.3, -0.25) is 0 Å². The van der Waals surface area contributed by atoms with Crippen molar-refractivity contribution in [1.82, 2.24) is 19.7 Å². The monoisotopic (exact) mass is 348 g/mol. The van der Waals surface area contributed by atoms with Crippen LogP contribution in [0.3, 0.4) is 0 Å². The molecule has 0 spiro atoms. The average Bonchev–Trinajstić information content (AvgIpc) is 2.79. The quantitative estimate of drug-likeness (QED) is 0.866. The van der Waals surface area contributed by atoms with Crippen molar-refractivity contribution in [2.75, 3.05) is 0 Å². The smallest absolute Gasteiger partial charge is 0.250 e. The van der Waals surface area contributed by atoms with E-state index in [-0.39, 0.29) is 16.1 Å². The van der Waals surface area contributed by atoms with Gasteiger partial charge in [-0.15, -0.1) is 10.2 Å². The normalized spacial score (nSPS) is 20.5. The molecule has 2 aromatic heterocycles. The SMILES string of the molecule is Cn1cnnc1C(O)C1(c2cc(Cl)nc(Cl)c2)CC(F)(F)C1. The van der Waals surface area contributed by atoms with Gasteiger partial charge in [0.15, 0.2) is 5.82 Å². The third-order valence-electron chi connectivity index (χ3n) is 4.00. The van der Waals surface area contributed by atoms with Crippen LogP contribution in [-0.4, -0.2) is 30.8 Å². The van der Waals surface area contributed by atoms with Crippen molar-refractivity contribution in [3.8, 4) is 0 Å². The fraction of sp³-hybridized carbons (Fsp3) is 0.462. The largest absolute Gasteiger partial charge is 0.384 e. The Hall–Kier alpha value is -1.31. The zero-order valence-electron chi connectivity index (χ0n) is 11.5. The molecular weight excluding hydrogens is 337 g/mol. The molecule has 1 N–H and O–H groups in total. The fourth-order valence-electron chi connectivity index (χ4n) is 2.97. The summed E-state index contributed by atoms with van der Waals surface area (Å²) in [6.07, 6.45) is -0.903. The van der Waals surface area contributed by atoms with Crippen LogP contribution >= 0.6 is 23.2 Å². The number of alkyl halides is 2.